The number of carbonyl (C=O) groups excluding carboxylic acids is 2. The summed E-state index contributed by atoms with van der Waals surface area (Å²) in [5.74, 6) is -0.0722. The second-order valence-electron chi connectivity index (χ2n) is 7.64. The Morgan fingerprint density at radius 2 is 1.72 bits per heavy atom. The first-order valence-corrected chi connectivity index (χ1v) is 9.99. The quantitative estimate of drug-likeness (QED) is 0.780. The lowest BCUT2D eigenvalue weighted by Gasteiger charge is -2.33. The summed E-state index contributed by atoms with van der Waals surface area (Å²) < 4.78 is 19.3. The largest absolute Gasteiger partial charge is 0.483 e. The molecule has 0 spiro atoms. The molecule has 6 heteroatoms. The summed E-state index contributed by atoms with van der Waals surface area (Å²) in [4.78, 5) is 26.9. The molecule has 1 aliphatic rings. The summed E-state index contributed by atoms with van der Waals surface area (Å²) in [7, 11) is 1.82. The zero-order chi connectivity index (χ0) is 20.8. The first kappa shape index (κ1) is 20.8. The number of anilines is 1. The number of hydrogen-bond donors (Lipinski definition) is 1. The van der Waals surface area contributed by atoms with E-state index in [9.17, 15) is 14.0 Å². The Morgan fingerprint density at radius 3 is 2.45 bits per heavy atom. The lowest BCUT2D eigenvalue weighted by Crippen LogP contribution is -2.39. The van der Waals surface area contributed by atoms with Crippen LogP contribution in [-0.4, -0.2) is 36.4 Å². The molecule has 0 saturated heterocycles. The predicted octanol–water partition coefficient (Wildman–Crippen LogP) is 4.49. The summed E-state index contributed by atoms with van der Waals surface area (Å²) in [5, 5.41) is 2.47. The number of carbonyl (C=O) groups is 2. The first-order valence-electron chi connectivity index (χ1n) is 9.99. The molecular weight excluding hydrogens is 371 g/mol. The maximum Gasteiger partial charge on any atom is 0.262 e. The molecule has 0 atom stereocenters. The molecule has 0 heterocycles. The Balaban J connectivity index is 1.63. The van der Waals surface area contributed by atoms with Crippen LogP contribution >= 0.6 is 0 Å². The predicted molar refractivity (Wildman–Crippen MR) is 110 cm³/mol. The van der Waals surface area contributed by atoms with Gasteiger partial charge in [0.05, 0.1) is 11.3 Å². The lowest BCUT2D eigenvalue weighted by atomic mass is 9.86. The van der Waals surface area contributed by atoms with E-state index < -0.39 is 11.7 Å². The van der Waals surface area contributed by atoms with Gasteiger partial charge in [0.15, 0.2) is 6.61 Å². The number of benzene rings is 2. The molecule has 0 aromatic heterocycles. The van der Waals surface area contributed by atoms with Gasteiger partial charge in [-0.25, -0.2) is 4.39 Å². The van der Waals surface area contributed by atoms with Crippen molar-refractivity contribution in [2.75, 3.05) is 19.0 Å². The van der Waals surface area contributed by atoms with Crippen LogP contribution in [0.2, 0.25) is 0 Å². The Hall–Kier alpha value is -2.89. The van der Waals surface area contributed by atoms with Crippen LogP contribution in [0.4, 0.5) is 10.1 Å². The minimum atomic E-state index is -0.514. The number of halogens is 1. The third-order valence-corrected chi connectivity index (χ3v) is 5.48. The van der Waals surface area contributed by atoms with Gasteiger partial charge in [-0.05, 0) is 55.9 Å². The lowest BCUT2D eigenvalue weighted by molar-refractivity contribution is -0.118. The van der Waals surface area contributed by atoms with Gasteiger partial charge < -0.3 is 15.0 Å². The van der Waals surface area contributed by atoms with Gasteiger partial charge in [0.25, 0.3) is 11.8 Å². The summed E-state index contributed by atoms with van der Waals surface area (Å²) in [6, 6.07) is 13.0. The molecule has 2 amide bonds. The molecule has 154 valence electrons. The van der Waals surface area contributed by atoms with Crippen LogP contribution in [0, 0.1) is 11.7 Å². The van der Waals surface area contributed by atoms with E-state index in [1.165, 1.54) is 12.1 Å². The van der Waals surface area contributed by atoms with Crippen molar-refractivity contribution in [3.63, 3.8) is 0 Å². The van der Waals surface area contributed by atoms with Gasteiger partial charge in [-0.15, -0.1) is 0 Å². The van der Waals surface area contributed by atoms with E-state index in [0.717, 1.165) is 25.7 Å². The number of para-hydroxylation sites is 2. The highest BCUT2D eigenvalue weighted by atomic mass is 19.1. The third-order valence-electron chi connectivity index (χ3n) is 5.48. The van der Waals surface area contributed by atoms with Crippen molar-refractivity contribution in [2.45, 2.75) is 38.6 Å². The zero-order valence-corrected chi connectivity index (χ0v) is 16.9. The topological polar surface area (TPSA) is 58.6 Å². The fourth-order valence-corrected chi connectivity index (χ4v) is 3.65. The third kappa shape index (κ3) is 5.34. The smallest absolute Gasteiger partial charge is 0.262 e. The molecule has 29 heavy (non-hydrogen) atoms. The second kappa shape index (κ2) is 9.54. The molecule has 0 radical (unpaired) electrons. The van der Waals surface area contributed by atoms with Crippen LogP contribution in [0.3, 0.4) is 0 Å². The molecule has 1 aliphatic carbocycles. The van der Waals surface area contributed by atoms with Crippen molar-refractivity contribution >= 4 is 17.5 Å². The summed E-state index contributed by atoms with van der Waals surface area (Å²) >= 11 is 0. The van der Waals surface area contributed by atoms with Crippen molar-refractivity contribution in [1.82, 2.24) is 4.90 Å². The molecule has 3 rings (SSSR count). The van der Waals surface area contributed by atoms with Gasteiger partial charge >= 0.3 is 0 Å². The van der Waals surface area contributed by atoms with E-state index in [-0.39, 0.29) is 24.2 Å². The number of nitrogens with one attached hydrogen (secondary N) is 1. The van der Waals surface area contributed by atoms with Gasteiger partial charge in [-0.3, -0.25) is 9.59 Å². The van der Waals surface area contributed by atoms with E-state index in [1.54, 1.807) is 41.3 Å². The van der Waals surface area contributed by atoms with Gasteiger partial charge in [-0.1, -0.05) is 31.2 Å². The van der Waals surface area contributed by atoms with E-state index >= 15 is 0 Å². The van der Waals surface area contributed by atoms with E-state index in [0.29, 0.717) is 17.2 Å². The number of nitrogens with zero attached hydrogens (tertiary/aromatic N) is 1. The Bertz CT molecular complexity index is 863. The van der Waals surface area contributed by atoms with Crippen LogP contribution in [0.15, 0.2) is 48.5 Å². The van der Waals surface area contributed by atoms with Crippen LogP contribution in [0.5, 0.6) is 5.75 Å². The van der Waals surface area contributed by atoms with Crippen molar-refractivity contribution in [2.24, 2.45) is 5.92 Å². The normalized spacial score (nSPS) is 18.7. The minimum absolute atomic E-state index is 0.0942. The summed E-state index contributed by atoms with van der Waals surface area (Å²) in [6.07, 6.45) is 4.24. The monoisotopic (exact) mass is 398 g/mol. The van der Waals surface area contributed by atoms with Crippen LogP contribution in [0.25, 0.3) is 0 Å². The van der Waals surface area contributed by atoms with E-state index in [2.05, 4.69) is 12.2 Å². The molecular formula is C23H27FN2O3. The molecule has 1 N–H and O–H groups in total. The molecule has 5 nitrogen and oxygen atoms in total. The molecule has 2 aromatic carbocycles. The van der Waals surface area contributed by atoms with Crippen LogP contribution in [-0.2, 0) is 4.79 Å². The van der Waals surface area contributed by atoms with Gasteiger partial charge in [0, 0.05) is 13.1 Å². The van der Waals surface area contributed by atoms with Gasteiger partial charge in [0.2, 0.25) is 0 Å². The Morgan fingerprint density at radius 1 is 1.07 bits per heavy atom. The second-order valence-corrected chi connectivity index (χ2v) is 7.64. The van der Waals surface area contributed by atoms with Gasteiger partial charge in [-0.2, -0.15) is 0 Å². The number of amides is 2. The highest BCUT2D eigenvalue weighted by molar-refractivity contribution is 5.97. The van der Waals surface area contributed by atoms with E-state index in [1.807, 2.05) is 7.05 Å². The van der Waals surface area contributed by atoms with Crippen molar-refractivity contribution in [3.05, 3.63) is 59.9 Å². The molecule has 1 fully saturated rings. The maximum absolute atomic E-state index is 13.7. The number of ether oxygens (including phenoxy) is 1. The fraction of sp³-hybridized carbons (Fsp3) is 0.391. The standard InChI is InChI=1S/C23H27FN2O3/c1-16-11-13-17(14-12-16)26(2)23(28)18-7-3-6-10-21(18)29-15-22(27)25-20-9-5-4-8-19(20)24/h3-10,16-17H,11-15H2,1-2H3,(H,25,27). The number of hydrogen-bond acceptors (Lipinski definition) is 3. The van der Waals surface area contributed by atoms with Crippen molar-refractivity contribution < 1.29 is 18.7 Å². The minimum Gasteiger partial charge on any atom is -0.483 e. The van der Waals surface area contributed by atoms with Crippen LogP contribution in [0.1, 0.15) is 43.0 Å². The average Bonchev–Trinajstić information content (AvgIpc) is 2.73. The first-order chi connectivity index (χ1) is 14.0. The highest BCUT2D eigenvalue weighted by Crippen LogP contribution is 2.28. The fourth-order valence-electron chi connectivity index (χ4n) is 3.65. The molecule has 2 aromatic rings. The van der Waals surface area contributed by atoms with Gasteiger partial charge in [0.1, 0.15) is 11.6 Å². The number of rotatable bonds is 6. The summed E-state index contributed by atoms with van der Waals surface area (Å²) in [6.45, 7) is 1.93. The van der Waals surface area contributed by atoms with Crippen LogP contribution < -0.4 is 10.1 Å². The maximum atomic E-state index is 13.7. The van der Waals surface area contributed by atoms with E-state index in [4.69, 9.17) is 4.74 Å². The SMILES string of the molecule is CC1CCC(N(C)C(=O)c2ccccc2OCC(=O)Nc2ccccc2F)CC1. The summed E-state index contributed by atoms with van der Waals surface area (Å²) in [5.41, 5.74) is 0.518. The highest BCUT2D eigenvalue weighted by Gasteiger charge is 2.27. The molecule has 1 saturated carbocycles. The van der Waals surface area contributed by atoms with Crippen molar-refractivity contribution in [1.29, 1.82) is 0 Å². The molecule has 0 bridgehead atoms. The van der Waals surface area contributed by atoms with Crippen molar-refractivity contribution in [3.8, 4) is 5.75 Å². The zero-order valence-electron chi connectivity index (χ0n) is 16.9. The molecule has 0 unspecified atom stereocenters. The average molecular weight is 398 g/mol. The Kier molecular flexibility index (Phi) is 6.86. The molecule has 0 aliphatic heterocycles. The Labute approximate surface area is 170 Å².